The summed E-state index contributed by atoms with van der Waals surface area (Å²) in [4.78, 5) is 11.7. The first-order valence-corrected chi connectivity index (χ1v) is 7.90. The molecule has 2 atom stereocenters. The van der Waals surface area contributed by atoms with Gasteiger partial charge in [-0.2, -0.15) is 5.26 Å². The van der Waals surface area contributed by atoms with Crippen LogP contribution in [-0.2, 0) is 0 Å². The van der Waals surface area contributed by atoms with Crippen LogP contribution in [0.2, 0.25) is 0 Å². The number of hydrogen-bond donors (Lipinski definition) is 1. The third kappa shape index (κ3) is 2.71. The van der Waals surface area contributed by atoms with Gasteiger partial charge < -0.3 is 0 Å². The Morgan fingerprint density at radius 2 is 2.05 bits per heavy atom. The maximum Gasteiger partial charge on any atom is 0.344 e. The minimum atomic E-state index is -0.105. The van der Waals surface area contributed by atoms with Gasteiger partial charge in [-0.25, -0.2) is 9.89 Å². The van der Waals surface area contributed by atoms with Crippen molar-refractivity contribution in [3.63, 3.8) is 0 Å². The van der Waals surface area contributed by atoms with Gasteiger partial charge in [-0.05, 0) is 25.7 Å². The standard InChI is InChI=1S/C13H18N4OS/c14-8-9-4-2-1-3-5-11(9)19-13-16-15-12(18)17(13)10-6-7-10/h9-11H,1-7H2,(H,15,18). The molecule has 1 aromatic rings. The molecular weight excluding hydrogens is 260 g/mol. The lowest BCUT2D eigenvalue weighted by Crippen LogP contribution is -2.19. The number of nitrogens with one attached hydrogen (secondary N) is 1. The Kier molecular flexibility index (Phi) is 3.65. The zero-order valence-corrected chi connectivity index (χ0v) is 11.7. The molecule has 2 saturated carbocycles. The fraction of sp³-hybridized carbons (Fsp3) is 0.769. The van der Waals surface area contributed by atoms with E-state index >= 15 is 0 Å². The van der Waals surface area contributed by atoms with Crippen LogP contribution < -0.4 is 5.69 Å². The largest absolute Gasteiger partial charge is 0.344 e. The van der Waals surface area contributed by atoms with Crippen molar-refractivity contribution < 1.29 is 0 Å². The van der Waals surface area contributed by atoms with Gasteiger partial charge in [0.2, 0.25) is 0 Å². The summed E-state index contributed by atoms with van der Waals surface area (Å²) in [6, 6.07) is 2.77. The number of thioether (sulfide) groups is 1. The number of nitriles is 1. The average molecular weight is 278 g/mol. The monoisotopic (exact) mass is 278 g/mol. The first-order valence-electron chi connectivity index (χ1n) is 7.03. The molecule has 5 nitrogen and oxygen atoms in total. The Morgan fingerprint density at radius 1 is 1.26 bits per heavy atom. The summed E-state index contributed by atoms with van der Waals surface area (Å²) in [7, 11) is 0. The normalized spacial score (nSPS) is 27.7. The van der Waals surface area contributed by atoms with Crippen molar-refractivity contribution in [1.82, 2.24) is 14.8 Å². The summed E-state index contributed by atoms with van der Waals surface area (Å²) in [5.74, 6) is 0.0898. The van der Waals surface area contributed by atoms with Crippen molar-refractivity contribution in [2.45, 2.75) is 61.4 Å². The summed E-state index contributed by atoms with van der Waals surface area (Å²) in [6.45, 7) is 0. The molecule has 0 saturated heterocycles. The maximum absolute atomic E-state index is 11.7. The van der Waals surface area contributed by atoms with Crippen molar-refractivity contribution in [1.29, 1.82) is 5.26 Å². The zero-order valence-electron chi connectivity index (χ0n) is 10.8. The van der Waals surface area contributed by atoms with Gasteiger partial charge in [0, 0.05) is 11.3 Å². The molecule has 1 aromatic heterocycles. The molecule has 0 radical (unpaired) electrons. The van der Waals surface area contributed by atoms with E-state index in [1.807, 2.05) is 0 Å². The van der Waals surface area contributed by atoms with E-state index in [0.29, 0.717) is 6.04 Å². The van der Waals surface area contributed by atoms with E-state index in [2.05, 4.69) is 16.3 Å². The van der Waals surface area contributed by atoms with Gasteiger partial charge in [-0.15, -0.1) is 5.10 Å². The molecule has 2 aliphatic rings. The molecule has 6 heteroatoms. The smallest absolute Gasteiger partial charge is 0.267 e. The van der Waals surface area contributed by atoms with Crippen LogP contribution >= 0.6 is 11.8 Å². The first-order chi connectivity index (χ1) is 9.29. The van der Waals surface area contributed by atoms with Crippen molar-refractivity contribution in [2.75, 3.05) is 0 Å². The second-order valence-corrected chi connectivity index (χ2v) is 6.65. The molecule has 1 N–H and O–H groups in total. The highest BCUT2D eigenvalue weighted by Gasteiger charge is 2.31. The second kappa shape index (κ2) is 5.41. The molecule has 0 aromatic carbocycles. The fourth-order valence-electron chi connectivity index (χ4n) is 2.73. The van der Waals surface area contributed by atoms with Crippen LogP contribution in [0.3, 0.4) is 0 Å². The van der Waals surface area contributed by atoms with Gasteiger partial charge in [0.25, 0.3) is 0 Å². The SMILES string of the molecule is N#CC1CCCCCC1Sc1n[nH]c(=O)n1C1CC1. The van der Waals surface area contributed by atoms with Crippen molar-refractivity contribution in [3.05, 3.63) is 10.5 Å². The number of rotatable bonds is 3. The number of H-pyrrole nitrogens is 1. The molecule has 2 fully saturated rings. The molecule has 0 aliphatic heterocycles. The van der Waals surface area contributed by atoms with Gasteiger partial charge in [0.15, 0.2) is 5.16 Å². The van der Waals surface area contributed by atoms with Crippen molar-refractivity contribution in [3.8, 4) is 6.07 Å². The van der Waals surface area contributed by atoms with Crippen LogP contribution in [0.4, 0.5) is 0 Å². The first kappa shape index (κ1) is 12.8. The molecule has 0 amide bonds. The molecule has 19 heavy (non-hydrogen) atoms. The van der Waals surface area contributed by atoms with Crippen LogP contribution in [0.5, 0.6) is 0 Å². The zero-order chi connectivity index (χ0) is 13.2. The third-order valence-electron chi connectivity index (χ3n) is 3.96. The Morgan fingerprint density at radius 3 is 2.79 bits per heavy atom. The summed E-state index contributed by atoms with van der Waals surface area (Å²) in [6.07, 6.45) is 7.70. The van der Waals surface area contributed by atoms with Gasteiger partial charge in [-0.1, -0.05) is 31.0 Å². The highest BCUT2D eigenvalue weighted by molar-refractivity contribution is 7.99. The molecule has 3 rings (SSSR count). The average Bonchev–Trinajstić information content (AvgIpc) is 3.19. The maximum atomic E-state index is 11.7. The lowest BCUT2D eigenvalue weighted by atomic mass is 10.0. The summed E-state index contributed by atoms with van der Waals surface area (Å²) >= 11 is 1.62. The molecule has 2 aliphatic carbocycles. The molecule has 102 valence electrons. The molecule has 1 heterocycles. The van der Waals surface area contributed by atoms with E-state index in [1.54, 1.807) is 16.3 Å². The number of aromatic nitrogens is 3. The minimum absolute atomic E-state index is 0.0898. The Balaban J connectivity index is 1.79. The predicted octanol–water partition coefficient (Wildman–Crippen LogP) is 2.47. The van der Waals surface area contributed by atoms with E-state index < -0.39 is 0 Å². The second-order valence-electron chi connectivity index (χ2n) is 5.44. The minimum Gasteiger partial charge on any atom is -0.267 e. The van der Waals surface area contributed by atoms with Crippen molar-refractivity contribution >= 4 is 11.8 Å². The van der Waals surface area contributed by atoms with Crippen LogP contribution in [0, 0.1) is 17.2 Å². The van der Waals surface area contributed by atoms with E-state index in [9.17, 15) is 10.1 Å². The molecular formula is C13H18N4OS. The quantitative estimate of drug-likeness (QED) is 0.862. The summed E-state index contributed by atoms with van der Waals surface area (Å²) in [5, 5.41) is 17.1. The highest BCUT2D eigenvalue weighted by atomic mass is 32.2. The molecule has 0 bridgehead atoms. The Labute approximate surface area is 116 Å². The van der Waals surface area contributed by atoms with Crippen LogP contribution in [-0.4, -0.2) is 20.0 Å². The highest BCUT2D eigenvalue weighted by Crippen LogP contribution is 2.40. The van der Waals surface area contributed by atoms with Crippen molar-refractivity contribution in [2.24, 2.45) is 5.92 Å². The van der Waals surface area contributed by atoms with Gasteiger partial charge in [0.1, 0.15) is 0 Å². The van der Waals surface area contributed by atoms with Gasteiger partial charge in [0.05, 0.1) is 12.0 Å². The lowest BCUT2D eigenvalue weighted by Gasteiger charge is -2.18. The molecule has 0 spiro atoms. The summed E-state index contributed by atoms with van der Waals surface area (Å²) in [5.41, 5.74) is -0.105. The summed E-state index contributed by atoms with van der Waals surface area (Å²) < 4.78 is 1.78. The van der Waals surface area contributed by atoms with Crippen LogP contribution in [0.1, 0.15) is 51.0 Å². The van der Waals surface area contributed by atoms with E-state index in [1.165, 1.54) is 12.8 Å². The third-order valence-corrected chi connectivity index (χ3v) is 5.33. The van der Waals surface area contributed by atoms with E-state index in [4.69, 9.17) is 0 Å². The lowest BCUT2D eigenvalue weighted by molar-refractivity contribution is 0.578. The number of nitrogens with zero attached hydrogens (tertiary/aromatic N) is 3. The number of hydrogen-bond acceptors (Lipinski definition) is 4. The van der Waals surface area contributed by atoms with E-state index in [0.717, 1.165) is 37.3 Å². The Hall–Kier alpha value is -1.22. The van der Waals surface area contributed by atoms with Gasteiger partial charge in [-0.3, -0.25) is 4.57 Å². The fourth-order valence-corrected chi connectivity index (χ4v) is 4.09. The van der Waals surface area contributed by atoms with E-state index in [-0.39, 0.29) is 16.9 Å². The van der Waals surface area contributed by atoms with Gasteiger partial charge >= 0.3 is 5.69 Å². The number of aromatic amines is 1. The molecule has 2 unspecified atom stereocenters. The predicted molar refractivity (Wildman–Crippen MR) is 73.0 cm³/mol. The Bertz CT molecular complexity index is 540. The topological polar surface area (TPSA) is 74.5 Å². The van der Waals surface area contributed by atoms with Crippen LogP contribution in [0.15, 0.2) is 9.95 Å². The van der Waals surface area contributed by atoms with Crippen LogP contribution in [0.25, 0.3) is 0 Å².